The van der Waals surface area contributed by atoms with Crippen LogP contribution in [0.25, 0.3) is 0 Å². The molecule has 1 N–H and O–H groups in total. The van der Waals surface area contributed by atoms with Crippen molar-refractivity contribution >= 4 is 5.91 Å². The van der Waals surface area contributed by atoms with E-state index in [2.05, 4.69) is 5.32 Å². The average Bonchev–Trinajstić information content (AvgIpc) is 2.43. The molecule has 2 rings (SSSR count). The van der Waals surface area contributed by atoms with Crippen LogP contribution in [0.4, 0.5) is 0 Å². The lowest BCUT2D eigenvalue weighted by molar-refractivity contribution is -0.134. The number of fused-ring (bicyclic) bond motifs is 1. The second-order valence-electron chi connectivity index (χ2n) is 5.70. The molecule has 1 amide bonds. The van der Waals surface area contributed by atoms with Crippen molar-refractivity contribution < 1.29 is 9.53 Å². The van der Waals surface area contributed by atoms with Gasteiger partial charge in [-0.25, -0.2) is 0 Å². The lowest BCUT2D eigenvalue weighted by atomic mass is 9.77. The van der Waals surface area contributed by atoms with Crippen molar-refractivity contribution in [2.75, 3.05) is 27.3 Å². The fraction of sp³-hybridized carbons (Fsp3) is 0.929. The van der Waals surface area contributed by atoms with Gasteiger partial charge in [0.2, 0.25) is 5.91 Å². The van der Waals surface area contributed by atoms with E-state index in [-0.39, 0.29) is 11.9 Å². The van der Waals surface area contributed by atoms with E-state index in [4.69, 9.17) is 4.74 Å². The number of rotatable bonds is 4. The largest absolute Gasteiger partial charge is 0.383 e. The van der Waals surface area contributed by atoms with Gasteiger partial charge in [-0.05, 0) is 31.6 Å². The maximum Gasteiger partial charge on any atom is 0.239 e. The normalized spacial score (nSPS) is 31.8. The van der Waals surface area contributed by atoms with Crippen LogP contribution in [0, 0.1) is 5.92 Å². The summed E-state index contributed by atoms with van der Waals surface area (Å²) in [5, 5.41) is 3.58. The van der Waals surface area contributed by atoms with Crippen molar-refractivity contribution in [2.24, 2.45) is 5.92 Å². The zero-order valence-electron chi connectivity index (χ0n) is 11.7. The molecule has 18 heavy (non-hydrogen) atoms. The lowest BCUT2D eigenvalue weighted by Gasteiger charge is -2.40. The fourth-order valence-corrected chi connectivity index (χ4v) is 3.29. The van der Waals surface area contributed by atoms with Crippen LogP contribution in [0.15, 0.2) is 0 Å². The van der Waals surface area contributed by atoms with E-state index in [0.29, 0.717) is 19.2 Å². The number of hydrogen-bond donors (Lipinski definition) is 1. The van der Waals surface area contributed by atoms with Crippen LogP contribution < -0.4 is 5.32 Å². The van der Waals surface area contributed by atoms with Crippen molar-refractivity contribution in [3.63, 3.8) is 0 Å². The molecule has 3 unspecified atom stereocenters. The van der Waals surface area contributed by atoms with Gasteiger partial charge >= 0.3 is 0 Å². The molecule has 0 aromatic heterocycles. The summed E-state index contributed by atoms with van der Waals surface area (Å²) in [5.41, 5.74) is 0. The number of ether oxygens (including phenoxy) is 1. The van der Waals surface area contributed by atoms with E-state index >= 15 is 0 Å². The van der Waals surface area contributed by atoms with Crippen LogP contribution >= 0.6 is 0 Å². The molecule has 0 aromatic rings. The van der Waals surface area contributed by atoms with Crippen LogP contribution in [0.3, 0.4) is 0 Å². The van der Waals surface area contributed by atoms with Crippen LogP contribution in [-0.4, -0.2) is 50.2 Å². The monoisotopic (exact) mass is 254 g/mol. The SMILES string of the molecule is COCCN(C)C(=O)C1CCC2CCCCC2N1. The standard InChI is InChI=1S/C14H26N2O2/c1-16(9-10-18-2)14(17)13-8-7-11-5-3-4-6-12(11)15-13/h11-13,15H,3-10H2,1-2H3. The Kier molecular flexibility index (Phi) is 5.01. The highest BCUT2D eigenvalue weighted by Crippen LogP contribution is 2.32. The van der Waals surface area contributed by atoms with Crippen LogP contribution in [-0.2, 0) is 9.53 Å². The average molecular weight is 254 g/mol. The Bertz CT molecular complexity index is 283. The second-order valence-corrected chi connectivity index (χ2v) is 5.70. The van der Waals surface area contributed by atoms with Crippen molar-refractivity contribution in [3.8, 4) is 0 Å². The molecule has 0 radical (unpaired) electrons. The molecule has 1 saturated heterocycles. The van der Waals surface area contributed by atoms with Gasteiger partial charge in [0.05, 0.1) is 12.6 Å². The summed E-state index contributed by atoms with van der Waals surface area (Å²) in [6, 6.07) is 0.614. The third kappa shape index (κ3) is 3.23. The van der Waals surface area contributed by atoms with Gasteiger partial charge in [0.1, 0.15) is 0 Å². The minimum atomic E-state index is 0.0335. The number of nitrogens with zero attached hydrogens (tertiary/aromatic N) is 1. The molecule has 1 heterocycles. The van der Waals surface area contributed by atoms with Gasteiger partial charge in [-0.1, -0.05) is 12.8 Å². The number of nitrogens with one attached hydrogen (secondary N) is 1. The molecule has 2 fully saturated rings. The van der Waals surface area contributed by atoms with Crippen molar-refractivity contribution in [2.45, 2.75) is 50.6 Å². The summed E-state index contributed by atoms with van der Waals surface area (Å²) in [7, 11) is 3.54. The first-order valence-electron chi connectivity index (χ1n) is 7.22. The second kappa shape index (κ2) is 6.53. The van der Waals surface area contributed by atoms with Crippen molar-refractivity contribution in [3.05, 3.63) is 0 Å². The molecule has 3 atom stereocenters. The molecule has 1 aliphatic heterocycles. The fourth-order valence-electron chi connectivity index (χ4n) is 3.29. The quantitative estimate of drug-likeness (QED) is 0.824. The van der Waals surface area contributed by atoms with Gasteiger partial charge in [-0.2, -0.15) is 0 Å². The van der Waals surface area contributed by atoms with Gasteiger partial charge in [-0.15, -0.1) is 0 Å². The number of amides is 1. The van der Waals surface area contributed by atoms with Gasteiger partial charge in [-0.3, -0.25) is 4.79 Å². The van der Waals surface area contributed by atoms with E-state index in [9.17, 15) is 4.79 Å². The molecule has 4 heteroatoms. The first-order valence-corrected chi connectivity index (χ1v) is 7.22. The summed E-state index contributed by atoms with van der Waals surface area (Å²) in [6.45, 7) is 1.29. The highest BCUT2D eigenvalue weighted by Gasteiger charge is 2.35. The molecule has 0 aromatic carbocycles. The number of carbonyl (C=O) groups excluding carboxylic acids is 1. The third-order valence-corrected chi connectivity index (χ3v) is 4.46. The first-order chi connectivity index (χ1) is 8.72. The maximum absolute atomic E-state index is 12.3. The Balaban J connectivity index is 1.84. The Labute approximate surface area is 110 Å². The molecular weight excluding hydrogens is 228 g/mol. The van der Waals surface area contributed by atoms with E-state index in [1.165, 1.54) is 32.1 Å². The zero-order valence-corrected chi connectivity index (χ0v) is 11.7. The molecule has 0 spiro atoms. The molecular formula is C14H26N2O2. The van der Waals surface area contributed by atoms with E-state index in [1.54, 1.807) is 12.0 Å². The molecule has 1 aliphatic carbocycles. The Morgan fingerprint density at radius 2 is 2.06 bits per heavy atom. The number of carbonyl (C=O) groups is 1. The lowest BCUT2D eigenvalue weighted by Crippen LogP contribution is -2.55. The van der Waals surface area contributed by atoms with Crippen molar-refractivity contribution in [1.29, 1.82) is 0 Å². The van der Waals surface area contributed by atoms with Gasteiger partial charge in [0.25, 0.3) is 0 Å². The summed E-state index contributed by atoms with van der Waals surface area (Å²) in [4.78, 5) is 14.1. The number of methoxy groups -OCH3 is 1. The summed E-state index contributed by atoms with van der Waals surface area (Å²) >= 11 is 0. The minimum Gasteiger partial charge on any atom is -0.383 e. The molecule has 104 valence electrons. The Morgan fingerprint density at radius 3 is 2.83 bits per heavy atom. The predicted octanol–water partition coefficient (Wildman–Crippen LogP) is 1.40. The van der Waals surface area contributed by atoms with E-state index in [1.807, 2.05) is 7.05 Å². The summed E-state index contributed by atoms with van der Waals surface area (Å²) in [6.07, 6.45) is 7.49. The zero-order chi connectivity index (χ0) is 13.0. The van der Waals surface area contributed by atoms with E-state index < -0.39 is 0 Å². The third-order valence-electron chi connectivity index (χ3n) is 4.46. The van der Waals surface area contributed by atoms with Crippen molar-refractivity contribution in [1.82, 2.24) is 10.2 Å². The van der Waals surface area contributed by atoms with Gasteiger partial charge < -0.3 is 15.0 Å². The Hall–Kier alpha value is -0.610. The number of hydrogen-bond acceptors (Lipinski definition) is 3. The van der Waals surface area contributed by atoms with Crippen LogP contribution in [0.1, 0.15) is 38.5 Å². The number of piperidine rings is 1. The molecule has 1 saturated carbocycles. The topological polar surface area (TPSA) is 41.6 Å². The predicted molar refractivity (Wildman–Crippen MR) is 71.4 cm³/mol. The molecule has 0 bridgehead atoms. The highest BCUT2D eigenvalue weighted by atomic mass is 16.5. The summed E-state index contributed by atoms with van der Waals surface area (Å²) < 4.78 is 5.02. The maximum atomic E-state index is 12.3. The number of likely N-dealkylation sites (N-methyl/N-ethyl adjacent to an activating group) is 1. The van der Waals surface area contributed by atoms with Crippen LogP contribution in [0.5, 0.6) is 0 Å². The Morgan fingerprint density at radius 1 is 1.28 bits per heavy atom. The summed E-state index contributed by atoms with van der Waals surface area (Å²) in [5.74, 6) is 1.04. The molecule has 4 nitrogen and oxygen atoms in total. The highest BCUT2D eigenvalue weighted by molar-refractivity contribution is 5.81. The van der Waals surface area contributed by atoms with Gasteiger partial charge in [0, 0.05) is 26.7 Å². The molecule has 2 aliphatic rings. The minimum absolute atomic E-state index is 0.0335. The van der Waals surface area contributed by atoms with Gasteiger partial charge in [0.15, 0.2) is 0 Å². The smallest absolute Gasteiger partial charge is 0.239 e. The van der Waals surface area contributed by atoms with Crippen LogP contribution in [0.2, 0.25) is 0 Å². The van der Waals surface area contributed by atoms with E-state index in [0.717, 1.165) is 12.3 Å². The first kappa shape index (κ1) is 13.8.